The number of oxazole rings is 1. The molecule has 2 aliphatic heterocycles. The Morgan fingerprint density at radius 1 is 1.54 bits per heavy atom. The fraction of sp³-hybridized carbons (Fsp3) is 0.471. The van der Waals surface area contributed by atoms with Crippen LogP contribution in [0.1, 0.15) is 16.2 Å². The summed E-state index contributed by atoms with van der Waals surface area (Å²) in [6, 6.07) is 3.72. The van der Waals surface area contributed by atoms with Gasteiger partial charge in [0.2, 0.25) is 5.76 Å². The summed E-state index contributed by atoms with van der Waals surface area (Å²) in [6.45, 7) is 4.76. The van der Waals surface area contributed by atoms with Gasteiger partial charge in [-0.2, -0.15) is 0 Å². The third-order valence-electron chi connectivity index (χ3n) is 4.91. The van der Waals surface area contributed by atoms with Gasteiger partial charge in [0.25, 0.3) is 5.91 Å². The first kappa shape index (κ1) is 15.1. The summed E-state index contributed by atoms with van der Waals surface area (Å²) in [5, 5.41) is 0. The van der Waals surface area contributed by atoms with E-state index < -0.39 is 0 Å². The van der Waals surface area contributed by atoms with E-state index in [2.05, 4.69) is 9.97 Å². The number of likely N-dealkylation sites (tertiary alicyclic amines) is 1. The Balaban J connectivity index is 1.49. The number of pyridine rings is 1. The van der Waals surface area contributed by atoms with Crippen molar-refractivity contribution in [3.63, 3.8) is 0 Å². The number of carbonyl (C=O) groups excluding carboxylic acids is 1. The molecule has 0 aliphatic carbocycles. The molecule has 2 saturated heterocycles. The van der Waals surface area contributed by atoms with Crippen molar-refractivity contribution in [1.29, 1.82) is 0 Å². The van der Waals surface area contributed by atoms with Gasteiger partial charge in [-0.3, -0.25) is 9.78 Å². The molecule has 0 spiro atoms. The van der Waals surface area contributed by atoms with Crippen LogP contribution in [0.5, 0.6) is 5.75 Å². The molecule has 7 nitrogen and oxygen atoms in total. The summed E-state index contributed by atoms with van der Waals surface area (Å²) < 4.78 is 16.8. The van der Waals surface area contributed by atoms with Gasteiger partial charge in [-0.25, -0.2) is 4.98 Å². The molecule has 0 saturated carbocycles. The molecule has 7 heteroatoms. The zero-order valence-electron chi connectivity index (χ0n) is 13.5. The van der Waals surface area contributed by atoms with Crippen LogP contribution in [0.2, 0.25) is 0 Å². The van der Waals surface area contributed by atoms with Gasteiger partial charge in [0.1, 0.15) is 5.75 Å². The first-order valence-electron chi connectivity index (χ1n) is 7.98. The number of aryl methyl sites for hydroxylation is 1. The second-order valence-corrected chi connectivity index (χ2v) is 6.50. The van der Waals surface area contributed by atoms with Crippen molar-refractivity contribution in [3.05, 3.63) is 42.4 Å². The molecule has 24 heavy (non-hydrogen) atoms. The summed E-state index contributed by atoms with van der Waals surface area (Å²) in [7, 11) is 0. The van der Waals surface area contributed by atoms with Crippen molar-refractivity contribution in [3.8, 4) is 5.75 Å². The first-order chi connectivity index (χ1) is 11.7. The fourth-order valence-corrected chi connectivity index (χ4v) is 3.50. The maximum atomic E-state index is 12.7. The monoisotopic (exact) mass is 329 g/mol. The summed E-state index contributed by atoms with van der Waals surface area (Å²) >= 11 is 0. The maximum Gasteiger partial charge on any atom is 0.291 e. The van der Waals surface area contributed by atoms with E-state index in [9.17, 15) is 4.79 Å². The Labute approximate surface area is 139 Å². The molecule has 0 aromatic carbocycles. The molecule has 126 valence electrons. The highest BCUT2D eigenvalue weighted by Crippen LogP contribution is 2.42. The number of aromatic nitrogens is 2. The Bertz CT molecular complexity index is 732. The third kappa shape index (κ3) is 2.54. The zero-order chi connectivity index (χ0) is 16.6. The Kier molecular flexibility index (Phi) is 3.72. The molecule has 2 aromatic rings. The molecule has 2 atom stereocenters. The molecule has 4 rings (SSSR count). The number of nitrogens with zero attached hydrogens (tertiary/aromatic N) is 3. The normalized spacial score (nSPS) is 25.7. The average molecular weight is 329 g/mol. The molecular weight excluding hydrogens is 310 g/mol. The molecule has 0 radical (unpaired) electrons. The van der Waals surface area contributed by atoms with Crippen molar-refractivity contribution in [2.24, 2.45) is 11.3 Å². The summed E-state index contributed by atoms with van der Waals surface area (Å²) in [6.07, 6.45) is 4.71. The van der Waals surface area contributed by atoms with Crippen LogP contribution < -0.4 is 4.74 Å². The largest absolute Gasteiger partial charge is 0.491 e. The fourth-order valence-electron chi connectivity index (χ4n) is 3.50. The smallest absolute Gasteiger partial charge is 0.291 e. The van der Waals surface area contributed by atoms with Crippen molar-refractivity contribution < 1.29 is 18.7 Å². The molecule has 4 heterocycles. The zero-order valence-corrected chi connectivity index (χ0v) is 13.5. The predicted octanol–water partition coefficient (Wildman–Crippen LogP) is 1.55. The van der Waals surface area contributed by atoms with Gasteiger partial charge in [-0.1, -0.05) is 0 Å². The minimum atomic E-state index is -0.181. The van der Waals surface area contributed by atoms with Crippen molar-refractivity contribution >= 4 is 5.91 Å². The summed E-state index contributed by atoms with van der Waals surface area (Å²) in [4.78, 5) is 22.6. The lowest BCUT2D eigenvalue weighted by Gasteiger charge is -2.26. The van der Waals surface area contributed by atoms with Gasteiger partial charge in [0.05, 0.1) is 37.1 Å². The van der Waals surface area contributed by atoms with Gasteiger partial charge >= 0.3 is 0 Å². The molecular formula is C17H19N3O4. The Hall–Kier alpha value is -2.41. The van der Waals surface area contributed by atoms with Gasteiger partial charge in [-0.15, -0.1) is 0 Å². The quantitative estimate of drug-likeness (QED) is 0.847. The van der Waals surface area contributed by atoms with E-state index in [1.807, 2.05) is 17.0 Å². The molecule has 2 fully saturated rings. The van der Waals surface area contributed by atoms with Crippen LogP contribution >= 0.6 is 0 Å². The Morgan fingerprint density at radius 2 is 2.46 bits per heavy atom. The van der Waals surface area contributed by atoms with Gasteiger partial charge < -0.3 is 18.8 Å². The second-order valence-electron chi connectivity index (χ2n) is 6.50. The van der Waals surface area contributed by atoms with E-state index in [4.69, 9.17) is 13.9 Å². The van der Waals surface area contributed by atoms with Crippen LogP contribution in [0.25, 0.3) is 0 Å². The van der Waals surface area contributed by atoms with Crippen LogP contribution in [0, 0.1) is 18.3 Å². The molecule has 2 aromatic heterocycles. The lowest BCUT2D eigenvalue weighted by Crippen LogP contribution is -2.38. The molecule has 0 bridgehead atoms. The average Bonchev–Trinajstić information content (AvgIpc) is 3.27. The van der Waals surface area contributed by atoms with E-state index in [0.29, 0.717) is 44.4 Å². The minimum Gasteiger partial charge on any atom is -0.491 e. The van der Waals surface area contributed by atoms with Gasteiger partial charge in [-0.05, 0) is 19.1 Å². The highest BCUT2D eigenvalue weighted by molar-refractivity contribution is 5.92. The number of hydrogen-bond acceptors (Lipinski definition) is 6. The number of rotatable bonds is 4. The molecule has 0 N–H and O–H groups in total. The van der Waals surface area contributed by atoms with E-state index in [1.165, 1.54) is 6.39 Å². The standard InChI is InChI=1S/C17H19N3O4/c1-12-15(24-11-19-12)16(21)20-6-13-7-22-9-17(13,8-20)10-23-14-3-2-4-18-5-14/h2-5,11,13H,6-10H2,1H3/t13-,17+/m1/s1. The molecule has 0 unspecified atom stereocenters. The Morgan fingerprint density at radius 3 is 3.21 bits per heavy atom. The van der Waals surface area contributed by atoms with Gasteiger partial charge in [0.15, 0.2) is 6.39 Å². The maximum absolute atomic E-state index is 12.7. The van der Waals surface area contributed by atoms with Crippen molar-refractivity contribution in [1.82, 2.24) is 14.9 Å². The van der Waals surface area contributed by atoms with Crippen molar-refractivity contribution in [2.45, 2.75) is 6.92 Å². The lowest BCUT2D eigenvalue weighted by molar-refractivity contribution is 0.0633. The lowest BCUT2D eigenvalue weighted by atomic mass is 9.82. The summed E-state index contributed by atoms with van der Waals surface area (Å²) in [5.74, 6) is 1.20. The van der Waals surface area contributed by atoms with Gasteiger partial charge in [0, 0.05) is 25.2 Å². The van der Waals surface area contributed by atoms with Crippen LogP contribution in [0.3, 0.4) is 0 Å². The van der Waals surface area contributed by atoms with Crippen molar-refractivity contribution in [2.75, 3.05) is 32.9 Å². The van der Waals surface area contributed by atoms with Crippen LogP contribution in [0.4, 0.5) is 0 Å². The van der Waals surface area contributed by atoms with E-state index in [1.54, 1.807) is 19.3 Å². The van der Waals surface area contributed by atoms with E-state index >= 15 is 0 Å². The van der Waals surface area contributed by atoms with E-state index in [0.717, 1.165) is 5.75 Å². The van der Waals surface area contributed by atoms with Crippen LogP contribution in [-0.2, 0) is 4.74 Å². The summed E-state index contributed by atoms with van der Waals surface area (Å²) in [5.41, 5.74) is 0.438. The minimum absolute atomic E-state index is 0.111. The number of amides is 1. The number of hydrogen-bond donors (Lipinski definition) is 0. The number of fused-ring (bicyclic) bond motifs is 1. The first-order valence-corrected chi connectivity index (χ1v) is 7.98. The SMILES string of the molecule is Cc1ncoc1C(=O)N1C[C@@H]2COC[C@]2(COc2cccnc2)C1. The second kappa shape index (κ2) is 5.90. The van der Waals surface area contributed by atoms with Crippen LogP contribution in [-0.4, -0.2) is 53.7 Å². The van der Waals surface area contributed by atoms with Crippen LogP contribution in [0.15, 0.2) is 35.3 Å². The third-order valence-corrected chi connectivity index (χ3v) is 4.91. The number of ether oxygens (including phenoxy) is 2. The highest BCUT2D eigenvalue weighted by atomic mass is 16.5. The molecule has 1 amide bonds. The predicted molar refractivity (Wildman–Crippen MR) is 83.6 cm³/mol. The highest BCUT2D eigenvalue weighted by Gasteiger charge is 2.53. The number of carbonyl (C=O) groups is 1. The topological polar surface area (TPSA) is 77.7 Å². The molecule has 2 aliphatic rings. The van der Waals surface area contributed by atoms with E-state index in [-0.39, 0.29) is 17.2 Å².